The lowest BCUT2D eigenvalue weighted by atomic mass is 9.80. The molecule has 8 heteroatoms. The SMILES string of the molecule is NC(=O)[C@@H]1CC[C@H](C(=O)NC(c2cccc(C(F)(F)F)c2)C2CCCCC2)O1. The lowest BCUT2D eigenvalue weighted by Crippen LogP contribution is -2.41. The Labute approximate surface area is 161 Å². The molecule has 5 nitrogen and oxygen atoms in total. The Morgan fingerprint density at radius 1 is 1.07 bits per heavy atom. The van der Waals surface area contributed by atoms with Crippen LogP contribution in [0.5, 0.6) is 0 Å². The summed E-state index contributed by atoms with van der Waals surface area (Å²) in [4.78, 5) is 24.0. The van der Waals surface area contributed by atoms with Crippen molar-refractivity contribution in [2.24, 2.45) is 11.7 Å². The van der Waals surface area contributed by atoms with E-state index in [2.05, 4.69) is 5.32 Å². The van der Waals surface area contributed by atoms with Crippen molar-refractivity contribution in [1.29, 1.82) is 0 Å². The highest BCUT2D eigenvalue weighted by Gasteiger charge is 2.37. The van der Waals surface area contributed by atoms with Gasteiger partial charge in [-0.3, -0.25) is 9.59 Å². The van der Waals surface area contributed by atoms with E-state index in [4.69, 9.17) is 10.5 Å². The van der Waals surface area contributed by atoms with E-state index in [1.165, 1.54) is 6.07 Å². The molecule has 28 heavy (non-hydrogen) atoms. The van der Waals surface area contributed by atoms with E-state index in [1.54, 1.807) is 6.07 Å². The number of benzene rings is 1. The zero-order valence-corrected chi connectivity index (χ0v) is 15.5. The molecular weight excluding hydrogens is 373 g/mol. The fourth-order valence-electron chi connectivity index (χ4n) is 4.13. The first kappa shape index (κ1) is 20.6. The van der Waals surface area contributed by atoms with Gasteiger partial charge in [-0.15, -0.1) is 0 Å². The van der Waals surface area contributed by atoms with E-state index >= 15 is 0 Å². The topological polar surface area (TPSA) is 81.4 Å². The van der Waals surface area contributed by atoms with E-state index in [9.17, 15) is 22.8 Å². The summed E-state index contributed by atoms with van der Waals surface area (Å²) in [6.45, 7) is 0. The normalized spacial score (nSPS) is 24.7. The lowest BCUT2D eigenvalue weighted by molar-refractivity contribution is -0.138. The van der Waals surface area contributed by atoms with Crippen molar-refractivity contribution in [3.63, 3.8) is 0 Å². The molecule has 3 N–H and O–H groups in total. The molecule has 3 rings (SSSR count). The molecule has 1 heterocycles. The Bertz CT molecular complexity index is 717. The van der Waals surface area contributed by atoms with Crippen molar-refractivity contribution in [2.45, 2.75) is 69.4 Å². The van der Waals surface area contributed by atoms with E-state index in [1.807, 2.05) is 0 Å². The summed E-state index contributed by atoms with van der Waals surface area (Å²) in [5.74, 6) is -0.955. The number of ether oxygens (including phenoxy) is 1. The van der Waals surface area contributed by atoms with Gasteiger partial charge in [0, 0.05) is 0 Å². The van der Waals surface area contributed by atoms with Crippen LogP contribution < -0.4 is 11.1 Å². The van der Waals surface area contributed by atoms with Gasteiger partial charge in [0.25, 0.3) is 0 Å². The van der Waals surface area contributed by atoms with Crippen molar-refractivity contribution in [3.8, 4) is 0 Å². The third kappa shape index (κ3) is 4.84. The number of amides is 2. The largest absolute Gasteiger partial charge is 0.416 e. The molecule has 1 saturated heterocycles. The number of carbonyl (C=O) groups is 2. The molecule has 0 bridgehead atoms. The molecule has 1 aliphatic carbocycles. The second-order valence-corrected chi connectivity index (χ2v) is 7.60. The summed E-state index contributed by atoms with van der Waals surface area (Å²) in [6, 6.07) is 4.61. The maximum atomic E-state index is 13.1. The maximum Gasteiger partial charge on any atom is 0.416 e. The summed E-state index contributed by atoms with van der Waals surface area (Å²) in [7, 11) is 0. The molecule has 1 aromatic rings. The zero-order valence-electron chi connectivity index (χ0n) is 15.5. The van der Waals surface area contributed by atoms with E-state index in [0.717, 1.165) is 44.2 Å². The summed E-state index contributed by atoms with van der Waals surface area (Å²) in [5, 5.41) is 2.90. The third-order valence-corrected chi connectivity index (χ3v) is 5.62. The fraction of sp³-hybridized carbons (Fsp3) is 0.600. The van der Waals surface area contributed by atoms with Gasteiger partial charge >= 0.3 is 6.18 Å². The number of halogens is 3. The Morgan fingerprint density at radius 3 is 2.36 bits per heavy atom. The number of hydrogen-bond acceptors (Lipinski definition) is 3. The number of primary amides is 1. The van der Waals surface area contributed by atoms with Crippen LogP contribution in [0.1, 0.15) is 62.1 Å². The molecule has 2 fully saturated rings. The van der Waals surface area contributed by atoms with Gasteiger partial charge in [-0.25, -0.2) is 0 Å². The minimum Gasteiger partial charge on any atom is -0.367 e. The Hall–Kier alpha value is -2.09. The maximum absolute atomic E-state index is 13.1. The Balaban J connectivity index is 1.80. The lowest BCUT2D eigenvalue weighted by Gasteiger charge is -2.32. The van der Waals surface area contributed by atoms with Gasteiger partial charge in [-0.1, -0.05) is 31.4 Å². The molecule has 154 valence electrons. The monoisotopic (exact) mass is 398 g/mol. The smallest absolute Gasteiger partial charge is 0.367 e. The quantitative estimate of drug-likeness (QED) is 0.797. The van der Waals surface area contributed by atoms with Crippen molar-refractivity contribution >= 4 is 11.8 Å². The van der Waals surface area contributed by atoms with Crippen LogP contribution in [0.2, 0.25) is 0 Å². The minimum atomic E-state index is -4.44. The van der Waals surface area contributed by atoms with Crippen molar-refractivity contribution < 1.29 is 27.5 Å². The molecule has 1 aliphatic heterocycles. The predicted octanol–water partition coefficient (Wildman–Crippen LogP) is 3.48. The molecule has 0 spiro atoms. The number of carbonyl (C=O) groups excluding carboxylic acids is 2. The Kier molecular flexibility index (Phi) is 6.27. The van der Waals surface area contributed by atoms with Gasteiger partial charge in [0.2, 0.25) is 11.8 Å². The zero-order chi connectivity index (χ0) is 20.3. The van der Waals surface area contributed by atoms with Gasteiger partial charge in [0.05, 0.1) is 11.6 Å². The molecule has 1 saturated carbocycles. The predicted molar refractivity (Wildman–Crippen MR) is 96.0 cm³/mol. The molecule has 1 unspecified atom stereocenters. The average molecular weight is 398 g/mol. The van der Waals surface area contributed by atoms with Gasteiger partial charge in [-0.2, -0.15) is 13.2 Å². The molecule has 2 aliphatic rings. The summed E-state index contributed by atoms with van der Waals surface area (Å²) in [6.07, 6.45) is -0.574. The number of nitrogens with two attached hydrogens (primary N) is 1. The van der Waals surface area contributed by atoms with Crippen molar-refractivity contribution in [3.05, 3.63) is 35.4 Å². The Morgan fingerprint density at radius 2 is 1.75 bits per heavy atom. The van der Waals surface area contributed by atoms with Crippen LogP contribution in [0.25, 0.3) is 0 Å². The van der Waals surface area contributed by atoms with Crippen LogP contribution >= 0.6 is 0 Å². The summed E-state index contributed by atoms with van der Waals surface area (Å²) >= 11 is 0. The summed E-state index contributed by atoms with van der Waals surface area (Å²) < 4.78 is 44.9. The van der Waals surface area contributed by atoms with E-state index in [0.29, 0.717) is 18.4 Å². The average Bonchev–Trinajstić information content (AvgIpc) is 3.17. The summed E-state index contributed by atoms with van der Waals surface area (Å²) in [5.41, 5.74) is 4.94. The standard InChI is InChI=1S/C20H25F3N2O3/c21-20(22,23)14-8-4-7-13(11-14)17(12-5-2-1-3-6-12)25-19(27)16-10-9-15(28-16)18(24)26/h4,7-8,11-12,15-17H,1-3,5-6,9-10H2,(H2,24,26)(H,25,27)/t15-,16+,17?/m0/s1. The van der Waals surface area contributed by atoms with Crippen molar-refractivity contribution in [2.75, 3.05) is 0 Å². The van der Waals surface area contributed by atoms with Crippen LogP contribution in [0.15, 0.2) is 24.3 Å². The van der Waals surface area contributed by atoms with E-state index in [-0.39, 0.29) is 5.92 Å². The molecular formula is C20H25F3N2O3. The van der Waals surface area contributed by atoms with Crippen molar-refractivity contribution in [1.82, 2.24) is 5.32 Å². The number of nitrogens with one attached hydrogen (secondary N) is 1. The molecule has 1 aromatic carbocycles. The minimum absolute atomic E-state index is 0.0644. The van der Waals surface area contributed by atoms with Crippen LogP contribution in [0.3, 0.4) is 0 Å². The molecule has 3 atom stereocenters. The van der Waals surface area contributed by atoms with Crippen LogP contribution in [-0.2, 0) is 20.5 Å². The first-order valence-electron chi connectivity index (χ1n) is 9.68. The molecule has 0 aromatic heterocycles. The molecule has 2 amide bonds. The molecule has 0 radical (unpaired) electrons. The van der Waals surface area contributed by atoms with Crippen LogP contribution in [0.4, 0.5) is 13.2 Å². The number of hydrogen-bond donors (Lipinski definition) is 2. The van der Waals surface area contributed by atoms with Gasteiger partial charge in [0.15, 0.2) is 0 Å². The fourth-order valence-corrected chi connectivity index (χ4v) is 4.13. The highest BCUT2D eigenvalue weighted by molar-refractivity contribution is 5.84. The van der Waals surface area contributed by atoms with Crippen LogP contribution in [-0.4, -0.2) is 24.0 Å². The van der Waals surface area contributed by atoms with Gasteiger partial charge in [0.1, 0.15) is 12.2 Å². The highest BCUT2D eigenvalue weighted by Crippen LogP contribution is 2.37. The first-order chi connectivity index (χ1) is 13.3. The number of rotatable bonds is 5. The van der Waals surface area contributed by atoms with Gasteiger partial charge < -0.3 is 15.8 Å². The van der Waals surface area contributed by atoms with Gasteiger partial charge in [-0.05, 0) is 49.3 Å². The van der Waals surface area contributed by atoms with Crippen LogP contribution in [0, 0.1) is 5.92 Å². The third-order valence-electron chi connectivity index (χ3n) is 5.62. The first-order valence-corrected chi connectivity index (χ1v) is 9.68. The van der Waals surface area contributed by atoms with E-state index < -0.39 is 41.8 Å². The second kappa shape index (κ2) is 8.51. The highest BCUT2D eigenvalue weighted by atomic mass is 19.4. The second-order valence-electron chi connectivity index (χ2n) is 7.60. The number of alkyl halides is 3.